The molecule has 0 saturated carbocycles. The molecule has 0 aliphatic carbocycles. The van der Waals surface area contributed by atoms with Gasteiger partial charge in [-0.3, -0.25) is 0 Å². The summed E-state index contributed by atoms with van der Waals surface area (Å²) in [4.78, 5) is 0. The number of ether oxygens (including phenoxy) is 1. The predicted octanol–water partition coefficient (Wildman–Crippen LogP) is 2.21. The lowest BCUT2D eigenvalue weighted by atomic mass is 10.1. The molecule has 0 unspecified atom stereocenters. The summed E-state index contributed by atoms with van der Waals surface area (Å²) >= 11 is 0. The lowest BCUT2D eigenvalue weighted by Crippen LogP contribution is -2.25. The molecule has 10 heavy (non-hydrogen) atoms. The Morgan fingerprint density at radius 3 is 2.10 bits per heavy atom. The summed E-state index contributed by atoms with van der Waals surface area (Å²) in [5.74, 6) is 2.59. The molecule has 0 aromatic carbocycles. The molecule has 1 atom stereocenters. The first-order valence-electron chi connectivity index (χ1n) is 3.63. The van der Waals surface area contributed by atoms with E-state index in [0.29, 0.717) is 0 Å². The minimum absolute atomic E-state index is 0.0278. The van der Waals surface area contributed by atoms with Crippen molar-refractivity contribution in [2.24, 2.45) is 0 Å². The number of hydrogen-bond acceptors (Lipinski definition) is 1. The molecule has 0 saturated heterocycles. The summed E-state index contributed by atoms with van der Waals surface area (Å²) in [6.45, 7) is 8.04. The van der Waals surface area contributed by atoms with Gasteiger partial charge in [-0.1, -0.05) is 12.8 Å². The summed E-state index contributed by atoms with van der Waals surface area (Å²) in [5.41, 5.74) is -0.118. The van der Waals surface area contributed by atoms with Crippen LogP contribution < -0.4 is 0 Å². The second kappa shape index (κ2) is 3.63. The average Bonchev–Trinajstić information content (AvgIpc) is 1.81. The summed E-state index contributed by atoms with van der Waals surface area (Å²) in [5, 5.41) is 0. The van der Waals surface area contributed by atoms with Crippen molar-refractivity contribution in [3.63, 3.8) is 0 Å². The topological polar surface area (TPSA) is 9.23 Å². The molecule has 0 N–H and O–H groups in total. The van der Waals surface area contributed by atoms with Crippen LogP contribution in [0.5, 0.6) is 0 Å². The molecule has 0 rings (SSSR count). The van der Waals surface area contributed by atoms with Gasteiger partial charge < -0.3 is 4.74 Å². The molecule has 0 fully saturated rings. The van der Waals surface area contributed by atoms with Crippen LogP contribution in [-0.4, -0.2) is 11.7 Å². The zero-order chi connectivity index (χ0) is 8.20. The first-order chi connectivity index (χ1) is 4.49. The summed E-state index contributed by atoms with van der Waals surface area (Å²) in [7, 11) is 0. The Morgan fingerprint density at radius 1 is 1.50 bits per heavy atom. The quantitative estimate of drug-likeness (QED) is 0.534. The molecule has 0 aromatic heterocycles. The van der Waals surface area contributed by atoms with Crippen LogP contribution in [0.1, 0.15) is 34.1 Å². The van der Waals surface area contributed by atoms with E-state index in [1.165, 1.54) is 0 Å². The van der Waals surface area contributed by atoms with Gasteiger partial charge in [-0.05, 0) is 27.2 Å². The molecule has 0 aliphatic heterocycles. The fourth-order valence-electron chi connectivity index (χ4n) is 0.662. The Hall–Kier alpha value is -0.480. The molecule has 0 aromatic rings. The molecular formula is C9H16O. The second-order valence-electron chi connectivity index (χ2n) is 3.29. The highest BCUT2D eigenvalue weighted by Gasteiger charge is 2.14. The van der Waals surface area contributed by atoms with E-state index in [9.17, 15) is 0 Å². The Labute approximate surface area is 63.8 Å². The van der Waals surface area contributed by atoms with Crippen molar-refractivity contribution in [3.8, 4) is 12.3 Å². The van der Waals surface area contributed by atoms with Crippen LogP contribution >= 0.6 is 0 Å². The van der Waals surface area contributed by atoms with Gasteiger partial charge >= 0.3 is 0 Å². The van der Waals surface area contributed by atoms with E-state index in [0.717, 1.165) is 6.42 Å². The van der Waals surface area contributed by atoms with Gasteiger partial charge in [0.2, 0.25) is 0 Å². The van der Waals surface area contributed by atoms with Gasteiger partial charge in [0.25, 0.3) is 0 Å². The Balaban J connectivity index is 3.78. The Bertz CT molecular complexity index is 125. The molecule has 0 amide bonds. The molecule has 58 valence electrons. The normalized spacial score (nSPS) is 14.3. The van der Waals surface area contributed by atoms with E-state index in [2.05, 4.69) is 5.92 Å². The Morgan fingerprint density at radius 2 is 2.00 bits per heavy atom. The maximum Gasteiger partial charge on any atom is 0.118 e. The largest absolute Gasteiger partial charge is 0.360 e. The van der Waals surface area contributed by atoms with E-state index >= 15 is 0 Å². The monoisotopic (exact) mass is 140 g/mol. The highest BCUT2D eigenvalue weighted by Crippen LogP contribution is 2.11. The number of hydrogen-bond donors (Lipinski definition) is 0. The van der Waals surface area contributed by atoms with Gasteiger partial charge in [-0.2, -0.15) is 0 Å². The molecule has 0 heterocycles. The van der Waals surface area contributed by atoms with Crippen LogP contribution in [0, 0.1) is 12.3 Å². The maximum atomic E-state index is 5.50. The van der Waals surface area contributed by atoms with Crippen molar-refractivity contribution in [2.45, 2.75) is 45.8 Å². The summed E-state index contributed by atoms with van der Waals surface area (Å²) in [6, 6.07) is 0. The van der Waals surface area contributed by atoms with Gasteiger partial charge in [0.05, 0.1) is 5.60 Å². The summed E-state index contributed by atoms with van der Waals surface area (Å²) < 4.78 is 5.50. The fourth-order valence-corrected chi connectivity index (χ4v) is 0.662. The predicted molar refractivity (Wildman–Crippen MR) is 43.8 cm³/mol. The van der Waals surface area contributed by atoms with Gasteiger partial charge in [-0.15, -0.1) is 6.42 Å². The third-order valence-electron chi connectivity index (χ3n) is 1.05. The SMILES string of the molecule is C#C[C@H](CC)OC(C)(C)C. The van der Waals surface area contributed by atoms with Gasteiger partial charge in [0.15, 0.2) is 0 Å². The zero-order valence-corrected chi connectivity index (χ0v) is 7.27. The number of rotatable bonds is 2. The zero-order valence-electron chi connectivity index (χ0n) is 7.27. The molecule has 0 bridgehead atoms. The lowest BCUT2D eigenvalue weighted by molar-refractivity contribution is -0.0346. The standard InChI is InChI=1S/C9H16O/c1-6-8(7-2)10-9(3,4)5/h1,8H,7H2,2-5H3/t8-/m1/s1. The maximum absolute atomic E-state index is 5.50. The van der Waals surface area contributed by atoms with Crippen molar-refractivity contribution in [1.29, 1.82) is 0 Å². The lowest BCUT2D eigenvalue weighted by Gasteiger charge is -2.23. The van der Waals surface area contributed by atoms with Crippen molar-refractivity contribution in [3.05, 3.63) is 0 Å². The van der Waals surface area contributed by atoms with Crippen LogP contribution in [0.25, 0.3) is 0 Å². The van der Waals surface area contributed by atoms with E-state index in [4.69, 9.17) is 11.2 Å². The average molecular weight is 140 g/mol. The van der Waals surface area contributed by atoms with Gasteiger partial charge in [0.1, 0.15) is 6.10 Å². The minimum Gasteiger partial charge on any atom is -0.360 e. The van der Waals surface area contributed by atoms with Crippen LogP contribution in [0.15, 0.2) is 0 Å². The van der Waals surface area contributed by atoms with Crippen LogP contribution in [0.4, 0.5) is 0 Å². The second-order valence-corrected chi connectivity index (χ2v) is 3.29. The smallest absolute Gasteiger partial charge is 0.118 e. The first kappa shape index (κ1) is 9.52. The molecule has 1 heteroatoms. The highest BCUT2D eigenvalue weighted by atomic mass is 16.5. The third-order valence-corrected chi connectivity index (χ3v) is 1.05. The van der Waals surface area contributed by atoms with Crippen molar-refractivity contribution in [2.75, 3.05) is 0 Å². The van der Waals surface area contributed by atoms with Crippen molar-refractivity contribution in [1.82, 2.24) is 0 Å². The van der Waals surface area contributed by atoms with Gasteiger partial charge in [0, 0.05) is 0 Å². The van der Waals surface area contributed by atoms with Crippen LogP contribution in [0.2, 0.25) is 0 Å². The van der Waals surface area contributed by atoms with Crippen molar-refractivity contribution >= 4 is 0 Å². The van der Waals surface area contributed by atoms with E-state index in [-0.39, 0.29) is 11.7 Å². The van der Waals surface area contributed by atoms with Crippen LogP contribution in [0.3, 0.4) is 0 Å². The number of terminal acetylenes is 1. The fraction of sp³-hybridized carbons (Fsp3) is 0.778. The van der Waals surface area contributed by atoms with Crippen LogP contribution in [-0.2, 0) is 4.74 Å². The summed E-state index contributed by atoms with van der Waals surface area (Å²) in [6.07, 6.45) is 6.07. The van der Waals surface area contributed by atoms with E-state index < -0.39 is 0 Å². The third kappa shape index (κ3) is 4.40. The van der Waals surface area contributed by atoms with Gasteiger partial charge in [-0.25, -0.2) is 0 Å². The highest BCUT2D eigenvalue weighted by molar-refractivity contribution is 4.94. The molecule has 0 aliphatic rings. The minimum atomic E-state index is -0.118. The molecular weight excluding hydrogens is 124 g/mol. The van der Waals surface area contributed by atoms with E-state index in [1.54, 1.807) is 0 Å². The molecule has 1 nitrogen and oxygen atoms in total. The van der Waals surface area contributed by atoms with E-state index in [1.807, 2.05) is 27.7 Å². The first-order valence-corrected chi connectivity index (χ1v) is 3.63. The molecule has 0 radical (unpaired) electrons. The van der Waals surface area contributed by atoms with Crippen molar-refractivity contribution < 1.29 is 4.74 Å². The molecule has 0 spiro atoms. The Kier molecular flexibility index (Phi) is 3.46.